The first-order valence-electron chi connectivity index (χ1n) is 5.82. The van der Waals surface area contributed by atoms with E-state index in [9.17, 15) is 14.4 Å². The largest absolute Gasteiger partial charge is 0.328 e. The lowest BCUT2D eigenvalue weighted by Gasteiger charge is -2.08. The Labute approximate surface area is 122 Å². The van der Waals surface area contributed by atoms with Gasteiger partial charge in [0.2, 0.25) is 5.91 Å². The van der Waals surface area contributed by atoms with Crippen LogP contribution in [0.4, 0.5) is 5.69 Å². The molecule has 1 aromatic heterocycles. The molecule has 1 amide bonds. The van der Waals surface area contributed by atoms with E-state index in [-0.39, 0.29) is 12.5 Å². The normalized spacial score (nSPS) is 10.3. The van der Waals surface area contributed by atoms with Crippen LogP contribution in [0.3, 0.4) is 0 Å². The number of H-pyrrole nitrogens is 1. The van der Waals surface area contributed by atoms with Gasteiger partial charge in [-0.3, -0.25) is 19.1 Å². The summed E-state index contributed by atoms with van der Waals surface area (Å²) in [5.74, 6) is -0.356. The van der Waals surface area contributed by atoms with Gasteiger partial charge in [0.25, 0.3) is 5.56 Å². The molecular weight excluding hydrogens is 326 g/mol. The van der Waals surface area contributed by atoms with Gasteiger partial charge in [-0.15, -0.1) is 0 Å². The number of aromatic nitrogens is 2. The van der Waals surface area contributed by atoms with Crippen LogP contribution in [-0.2, 0) is 11.3 Å². The number of para-hydroxylation sites is 1. The van der Waals surface area contributed by atoms with Gasteiger partial charge in [0.15, 0.2) is 0 Å². The number of amides is 1. The maximum atomic E-state index is 11.9. The molecule has 6 nitrogen and oxygen atoms in total. The molecule has 2 rings (SSSR count). The summed E-state index contributed by atoms with van der Waals surface area (Å²) >= 11 is 3.32. The molecule has 0 atom stereocenters. The average molecular weight is 338 g/mol. The summed E-state index contributed by atoms with van der Waals surface area (Å²) in [5, 5.41) is 2.68. The number of nitrogens with zero attached hydrogens (tertiary/aromatic N) is 1. The highest BCUT2D eigenvalue weighted by molar-refractivity contribution is 9.10. The highest BCUT2D eigenvalue weighted by atomic mass is 79.9. The Morgan fingerprint density at radius 3 is 2.75 bits per heavy atom. The number of halogens is 1. The molecule has 2 N–H and O–H groups in total. The second kappa shape index (κ2) is 5.87. The molecule has 0 unspecified atom stereocenters. The highest BCUT2D eigenvalue weighted by Crippen LogP contribution is 2.20. The Balaban J connectivity index is 2.17. The molecule has 0 aliphatic carbocycles. The Morgan fingerprint density at radius 2 is 2.05 bits per heavy atom. The van der Waals surface area contributed by atoms with Crippen LogP contribution >= 0.6 is 15.9 Å². The molecule has 7 heteroatoms. The van der Waals surface area contributed by atoms with Crippen LogP contribution < -0.4 is 16.6 Å². The minimum Gasteiger partial charge on any atom is -0.324 e. The third-order valence-electron chi connectivity index (χ3n) is 2.65. The lowest BCUT2D eigenvalue weighted by atomic mass is 10.3. The van der Waals surface area contributed by atoms with Gasteiger partial charge < -0.3 is 5.32 Å². The van der Waals surface area contributed by atoms with Crippen LogP contribution in [0.15, 0.2) is 44.5 Å². The van der Waals surface area contributed by atoms with Crippen molar-refractivity contribution < 1.29 is 4.79 Å². The standard InChI is InChI=1S/C13H12BrN3O3/c1-8-6-17(13(20)16-12(8)19)7-11(18)15-10-5-3-2-4-9(10)14/h2-6H,7H2,1H3,(H,15,18)(H,16,19,20). The molecule has 104 valence electrons. The number of hydrogen-bond acceptors (Lipinski definition) is 3. The van der Waals surface area contributed by atoms with Crippen LogP contribution in [0, 0.1) is 6.92 Å². The number of aromatic amines is 1. The van der Waals surface area contributed by atoms with Gasteiger partial charge in [0.1, 0.15) is 6.54 Å². The molecule has 0 aliphatic heterocycles. The van der Waals surface area contributed by atoms with Gasteiger partial charge in [-0.2, -0.15) is 0 Å². The lowest BCUT2D eigenvalue weighted by Crippen LogP contribution is -2.34. The molecule has 0 saturated carbocycles. The predicted octanol–water partition coefficient (Wildman–Crippen LogP) is 1.25. The van der Waals surface area contributed by atoms with Crippen LogP contribution in [0.1, 0.15) is 5.56 Å². The quantitative estimate of drug-likeness (QED) is 0.883. The predicted molar refractivity (Wildman–Crippen MR) is 78.8 cm³/mol. The fourth-order valence-electron chi connectivity index (χ4n) is 1.64. The van der Waals surface area contributed by atoms with E-state index in [0.29, 0.717) is 11.3 Å². The van der Waals surface area contributed by atoms with Gasteiger partial charge in [0, 0.05) is 16.2 Å². The van der Waals surface area contributed by atoms with Gasteiger partial charge >= 0.3 is 5.69 Å². The highest BCUT2D eigenvalue weighted by Gasteiger charge is 2.08. The van der Waals surface area contributed by atoms with Crippen molar-refractivity contribution in [3.05, 3.63) is 61.3 Å². The molecule has 0 fully saturated rings. The fraction of sp³-hybridized carbons (Fsp3) is 0.154. The number of hydrogen-bond donors (Lipinski definition) is 2. The van der Waals surface area contributed by atoms with Gasteiger partial charge in [-0.1, -0.05) is 12.1 Å². The van der Waals surface area contributed by atoms with Crippen molar-refractivity contribution >= 4 is 27.5 Å². The Morgan fingerprint density at radius 1 is 1.35 bits per heavy atom. The summed E-state index contributed by atoms with van der Waals surface area (Å²) in [6.45, 7) is 1.40. The zero-order valence-corrected chi connectivity index (χ0v) is 12.2. The molecule has 20 heavy (non-hydrogen) atoms. The zero-order valence-electron chi connectivity index (χ0n) is 10.6. The molecule has 1 aromatic carbocycles. The smallest absolute Gasteiger partial charge is 0.324 e. The van der Waals surface area contributed by atoms with Crippen LogP contribution in [0.2, 0.25) is 0 Å². The number of rotatable bonds is 3. The summed E-state index contributed by atoms with van der Waals surface area (Å²) in [7, 11) is 0. The SMILES string of the molecule is Cc1cn(CC(=O)Nc2ccccc2Br)c(=O)[nH]c1=O. The molecule has 0 spiro atoms. The van der Waals surface area contributed by atoms with Gasteiger partial charge in [0.05, 0.1) is 5.69 Å². The fourth-order valence-corrected chi connectivity index (χ4v) is 2.03. The minimum absolute atomic E-state index is 0.169. The topological polar surface area (TPSA) is 84.0 Å². The number of aryl methyl sites for hydroxylation is 1. The van der Waals surface area contributed by atoms with E-state index in [2.05, 4.69) is 26.2 Å². The first-order valence-corrected chi connectivity index (χ1v) is 6.61. The number of carbonyl (C=O) groups is 1. The molecule has 0 aliphatic rings. The summed E-state index contributed by atoms with van der Waals surface area (Å²) < 4.78 is 1.90. The van der Waals surface area contributed by atoms with Crippen molar-refractivity contribution in [1.29, 1.82) is 0 Å². The Bertz CT molecular complexity index is 764. The molecule has 1 heterocycles. The lowest BCUT2D eigenvalue weighted by molar-refractivity contribution is -0.116. The summed E-state index contributed by atoms with van der Waals surface area (Å²) in [6, 6.07) is 7.15. The van der Waals surface area contributed by atoms with E-state index >= 15 is 0 Å². The van der Waals surface area contributed by atoms with E-state index in [0.717, 1.165) is 9.04 Å². The monoisotopic (exact) mass is 337 g/mol. The van der Waals surface area contributed by atoms with E-state index in [1.807, 2.05) is 6.07 Å². The van der Waals surface area contributed by atoms with Crippen molar-refractivity contribution in [2.45, 2.75) is 13.5 Å². The van der Waals surface area contributed by atoms with E-state index in [1.54, 1.807) is 25.1 Å². The van der Waals surface area contributed by atoms with Crippen molar-refractivity contribution in [2.75, 3.05) is 5.32 Å². The summed E-state index contributed by atoms with van der Waals surface area (Å²) in [4.78, 5) is 36.9. The average Bonchev–Trinajstić information content (AvgIpc) is 2.39. The van der Waals surface area contributed by atoms with Gasteiger partial charge in [-0.05, 0) is 35.0 Å². The maximum Gasteiger partial charge on any atom is 0.328 e. The first-order chi connectivity index (χ1) is 9.47. The van der Waals surface area contributed by atoms with Crippen molar-refractivity contribution in [2.24, 2.45) is 0 Å². The minimum atomic E-state index is -0.608. The van der Waals surface area contributed by atoms with Crippen molar-refractivity contribution in [3.63, 3.8) is 0 Å². The first kappa shape index (κ1) is 14.3. The van der Waals surface area contributed by atoms with Crippen LogP contribution in [0.5, 0.6) is 0 Å². The Hall–Kier alpha value is -2.15. The van der Waals surface area contributed by atoms with Crippen molar-refractivity contribution in [3.8, 4) is 0 Å². The van der Waals surface area contributed by atoms with Crippen LogP contribution in [-0.4, -0.2) is 15.5 Å². The molecule has 0 bridgehead atoms. The second-order valence-electron chi connectivity index (χ2n) is 4.23. The number of benzene rings is 1. The van der Waals surface area contributed by atoms with E-state index in [1.165, 1.54) is 6.20 Å². The third kappa shape index (κ3) is 3.24. The van der Waals surface area contributed by atoms with E-state index < -0.39 is 11.2 Å². The molecular formula is C13H12BrN3O3. The number of carbonyl (C=O) groups excluding carboxylic acids is 1. The second-order valence-corrected chi connectivity index (χ2v) is 5.08. The summed E-state index contributed by atoms with van der Waals surface area (Å²) in [5.41, 5.74) is -0.0645. The number of nitrogens with one attached hydrogen (secondary N) is 2. The molecule has 2 aromatic rings. The zero-order chi connectivity index (χ0) is 14.7. The molecule has 0 saturated heterocycles. The third-order valence-corrected chi connectivity index (χ3v) is 3.34. The molecule has 0 radical (unpaired) electrons. The van der Waals surface area contributed by atoms with Crippen molar-refractivity contribution in [1.82, 2.24) is 9.55 Å². The van der Waals surface area contributed by atoms with E-state index in [4.69, 9.17) is 0 Å². The van der Waals surface area contributed by atoms with Crippen LogP contribution in [0.25, 0.3) is 0 Å². The number of anilines is 1. The maximum absolute atomic E-state index is 11.9. The Kier molecular flexibility index (Phi) is 4.19. The summed E-state index contributed by atoms with van der Waals surface area (Å²) in [6.07, 6.45) is 1.36. The van der Waals surface area contributed by atoms with Gasteiger partial charge in [-0.25, -0.2) is 4.79 Å².